The molecule has 2 heteroatoms. The van der Waals surface area contributed by atoms with Crippen molar-refractivity contribution >= 4 is 0 Å². The van der Waals surface area contributed by atoms with E-state index in [9.17, 15) is 9.90 Å². The van der Waals surface area contributed by atoms with Crippen LogP contribution in [0.3, 0.4) is 0 Å². The Morgan fingerprint density at radius 1 is 0.947 bits per heavy atom. The van der Waals surface area contributed by atoms with Gasteiger partial charge in [-0.1, -0.05) is 64.0 Å². The Labute approximate surface area is 116 Å². The zero-order valence-electron chi connectivity index (χ0n) is 12.0. The number of aromatic hydroxyl groups is 1. The lowest BCUT2D eigenvalue weighted by molar-refractivity contribution is 0.471. The van der Waals surface area contributed by atoms with Gasteiger partial charge in [0.2, 0.25) is 5.43 Å². The van der Waals surface area contributed by atoms with Gasteiger partial charge in [0.15, 0.2) is 5.75 Å². The van der Waals surface area contributed by atoms with E-state index in [-0.39, 0.29) is 11.2 Å². The molecule has 0 saturated heterocycles. The third-order valence-electron chi connectivity index (χ3n) is 3.45. The zero-order chi connectivity index (χ0) is 13.9. The summed E-state index contributed by atoms with van der Waals surface area (Å²) >= 11 is 0. The van der Waals surface area contributed by atoms with E-state index >= 15 is 0 Å². The lowest BCUT2D eigenvalue weighted by Crippen LogP contribution is -1.95. The molecule has 0 amide bonds. The van der Waals surface area contributed by atoms with Crippen LogP contribution in [0.1, 0.15) is 63.9 Å². The van der Waals surface area contributed by atoms with E-state index in [1.807, 2.05) is 6.07 Å². The van der Waals surface area contributed by atoms with E-state index < -0.39 is 0 Å². The first-order valence-electron chi connectivity index (χ1n) is 7.56. The number of hydrogen-bond acceptors (Lipinski definition) is 2. The van der Waals surface area contributed by atoms with Crippen LogP contribution in [0.2, 0.25) is 0 Å². The van der Waals surface area contributed by atoms with Gasteiger partial charge in [0, 0.05) is 0 Å². The first-order chi connectivity index (χ1) is 9.24. The molecule has 0 aliphatic heterocycles. The van der Waals surface area contributed by atoms with Crippen LogP contribution in [-0.4, -0.2) is 5.11 Å². The van der Waals surface area contributed by atoms with Crippen molar-refractivity contribution in [3.63, 3.8) is 0 Å². The van der Waals surface area contributed by atoms with Crippen molar-refractivity contribution in [2.75, 3.05) is 0 Å². The molecule has 0 radical (unpaired) electrons. The van der Waals surface area contributed by atoms with Gasteiger partial charge in [0.1, 0.15) is 0 Å². The van der Waals surface area contributed by atoms with Crippen molar-refractivity contribution in [1.29, 1.82) is 0 Å². The van der Waals surface area contributed by atoms with Crippen molar-refractivity contribution in [2.45, 2.75) is 64.7 Å². The highest BCUT2D eigenvalue weighted by Gasteiger charge is 1.97. The third-order valence-corrected chi connectivity index (χ3v) is 3.45. The first kappa shape index (κ1) is 15.7. The Morgan fingerprint density at radius 2 is 1.58 bits per heavy atom. The second-order valence-electron chi connectivity index (χ2n) is 5.22. The van der Waals surface area contributed by atoms with Crippen molar-refractivity contribution in [3.8, 4) is 5.75 Å². The summed E-state index contributed by atoms with van der Waals surface area (Å²) in [5.41, 5.74) is 0.746. The minimum atomic E-state index is -0.278. The maximum absolute atomic E-state index is 11.4. The summed E-state index contributed by atoms with van der Waals surface area (Å²) in [6.07, 6.45) is 11.3. The summed E-state index contributed by atoms with van der Waals surface area (Å²) in [5, 5.41) is 9.30. The average molecular weight is 262 g/mol. The second-order valence-corrected chi connectivity index (χ2v) is 5.22. The molecule has 0 fully saturated rings. The van der Waals surface area contributed by atoms with Gasteiger partial charge in [-0.15, -0.1) is 0 Å². The van der Waals surface area contributed by atoms with Crippen molar-refractivity contribution in [2.24, 2.45) is 0 Å². The monoisotopic (exact) mass is 262 g/mol. The predicted octanol–water partition coefficient (Wildman–Crippen LogP) is 4.44. The zero-order valence-corrected chi connectivity index (χ0v) is 12.0. The molecule has 0 aromatic heterocycles. The number of rotatable bonds is 9. The van der Waals surface area contributed by atoms with Crippen molar-refractivity contribution in [3.05, 3.63) is 40.1 Å². The van der Waals surface area contributed by atoms with E-state index in [1.54, 1.807) is 12.1 Å². The van der Waals surface area contributed by atoms with Crippen LogP contribution >= 0.6 is 0 Å². The van der Waals surface area contributed by atoms with Gasteiger partial charge >= 0.3 is 0 Å². The first-order valence-corrected chi connectivity index (χ1v) is 7.56. The topological polar surface area (TPSA) is 37.3 Å². The molecule has 0 aliphatic rings. The Morgan fingerprint density at radius 3 is 2.26 bits per heavy atom. The van der Waals surface area contributed by atoms with Crippen LogP contribution in [-0.2, 0) is 6.42 Å². The van der Waals surface area contributed by atoms with Crippen LogP contribution in [0.15, 0.2) is 29.1 Å². The molecule has 0 heterocycles. The van der Waals surface area contributed by atoms with Crippen LogP contribution in [0, 0.1) is 0 Å². The second kappa shape index (κ2) is 9.60. The van der Waals surface area contributed by atoms with Gasteiger partial charge in [-0.05, 0) is 30.5 Å². The minimum Gasteiger partial charge on any atom is -0.504 e. The largest absolute Gasteiger partial charge is 0.504 e. The standard InChI is InChI=1S/C17H26O2/c1-2-3-4-5-6-7-8-9-11-15-12-10-13-16(18)17(19)14-15/h10,12-14H,2-9,11H2,1H3,(H,18,19). The van der Waals surface area contributed by atoms with E-state index in [0.717, 1.165) is 18.4 Å². The third kappa shape index (κ3) is 7.00. The quantitative estimate of drug-likeness (QED) is 0.668. The maximum atomic E-state index is 11.4. The average Bonchev–Trinajstić information content (AvgIpc) is 2.55. The van der Waals surface area contributed by atoms with Crippen LogP contribution in [0.25, 0.3) is 0 Å². The van der Waals surface area contributed by atoms with Crippen LogP contribution in [0.5, 0.6) is 5.75 Å². The molecule has 19 heavy (non-hydrogen) atoms. The molecule has 0 unspecified atom stereocenters. The summed E-state index contributed by atoms with van der Waals surface area (Å²) in [4.78, 5) is 11.4. The molecule has 106 valence electrons. The van der Waals surface area contributed by atoms with E-state index in [4.69, 9.17) is 0 Å². The van der Waals surface area contributed by atoms with E-state index in [2.05, 4.69) is 6.92 Å². The molecule has 2 nitrogen and oxygen atoms in total. The van der Waals surface area contributed by atoms with Crippen LogP contribution in [0.4, 0.5) is 0 Å². The molecule has 0 atom stereocenters. The fourth-order valence-electron chi connectivity index (χ4n) is 2.25. The van der Waals surface area contributed by atoms with Crippen LogP contribution < -0.4 is 5.43 Å². The fraction of sp³-hybridized carbons (Fsp3) is 0.588. The lowest BCUT2D eigenvalue weighted by Gasteiger charge is -2.01. The summed E-state index contributed by atoms with van der Waals surface area (Å²) in [5.74, 6) is -0.165. The Bertz CT molecular complexity index is 412. The SMILES string of the molecule is CCCCCCCCCCc1cccc(O)c(=O)c1. The van der Waals surface area contributed by atoms with Crippen molar-refractivity contribution in [1.82, 2.24) is 0 Å². The highest BCUT2D eigenvalue weighted by atomic mass is 16.3. The summed E-state index contributed by atoms with van der Waals surface area (Å²) in [6.45, 7) is 2.24. The Balaban J connectivity index is 2.18. The number of hydrogen-bond donors (Lipinski definition) is 1. The van der Waals surface area contributed by atoms with Gasteiger partial charge in [-0.3, -0.25) is 4.79 Å². The Kier molecular flexibility index (Phi) is 7.95. The van der Waals surface area contributed by atoms with E-state index in [1.165, 1.54) is 51.0 Å². The minimum absolute atomic E-state index is 0.165. The predicted molar refractivity (Wildman–Crippen MR) is 80.7 cm³/mol. The fourth-order valence-corrected chi connectivity index (χ4v) is 2.25. The molecule has 0 bridgehead atoms. The molecule has 0 spiro atoms. The number of aryl methyl sites for hydroxylation is 1. The molecule has 1 aromatic carbocycles. The summed E-state index contributed by atoms with van der Waals surface area (Å²) in [7, 11) is 0. The van der Waals surface area contributed by atoms with Gasteiger partial charge in [-0.25, -0.2) is 0 Å². The molecule has 0 saturated carbocycles. The lowest BCUT2D eigenvalue weighted by atomic mass is 10.1. The molecule has 0 aliphatic carbocycles. The van der Waals surface area contributed by atoms with Crippen molar-refractivity contribution < 1.29 is 5.11 Å². The molecule has 1 N–H and O–H groups in total. The normalized spacial score (nSPS) is 10.6. The molecular weight excluding hydrogens is 236 g/mol. The smallest absolute Gasteiger partial charge is 0.220 e. The molecule has 1 rings (SSSR count). The Hall–Kier alpha value is -1.31. The maximum Gasteiger partial charge on any atom is 0.220 e. The molecule has 1 aromatic rings. The van der Waals surface area contributed by atoms with Gasteiger partial charge in [0.25, 0.3) is 0 Å². The summed E-state index contributed by atoms with van der Waals surface area (Å²) < 4.78 is 0. The van der Waals surface area contributed by atoms with Gasteiger partial charge < -0.3 is 5.11 Å². The van der Waals surface area contributed by atoms with Gasteiger partial charge in [0.05, 0.1) is 0 Å². The molecular formula is C17H26O2. The number of unbranched alkanes of at least 4 members (excludes halogenated alkanes) is 7. The summed E-state index contributed by atoms with van der Waals surface area (Å²) in [6, 6.07) is 6.68. The highest BCUT2D eigenvalue weighted by Crippen LogP contribution is 2.11. The highest BCUT2D eigenvalue weighted by molar-refractivity contribution is 5.23. The van der Waals surface area contributed by atoms with E-state index in [0.29, 0.717) is 0 Å². The van der Waals surface area contributed by atoms with Gasteiger partial charge in [-0.2, -0.15) is 0 Å².